The maximum Gasteiger partial charge on any atom is 0.275 e. The van der Waals surface area contributed by atoms with Crippen molar-refractivity contribution in [3.63, 3.8) is 0 Å². The summed E-state index contributed by atoms with van der Waals surface area (Å²) in [6.45, 7) is 0. The van der Waals surface area contributed by atoms with Gasteiger partial charge in [0.2, 0.25) is 0 Å². The van der Waals surface area contributed by atoms with Crippen molar-refractivity contribution in [3.8, 4) is 0 Å². The Morgan fingerprint density at radius 2 is 2.29 bits per heavy atom. The maximum atomic E-state index is 13.5. The average molecular weight is 298 g/mol. The van der Waals surface area contributed by atoms with Crippen LogP contribution in [0.5, 0.6) is 0 Å². The van der Waals surface area contributed by atoms with Crippen molar-refractivity contribution >= 4 is 27.5 Å². The summed E-state index contributed by atoms with van der Waals surface area (Å²) < 4.78 is 15.7. The summed E-state index contributed by atoms with van der Waals surface area (Å²) in [6, 6.07) is 4.42. The Bertz CT molecular complexity index is 568. The lowest BCUT2D eigenvalue weighted by atomic mass is 10.3. The summed E-state index contributed by atoms with van der Waals surface area (Å²) in [4.78, 5) is 15.6. The molecule has 2 aromatic rings. The van der Waals surface area contributed by atoms with Crippen molar-refractivity contribution in [2.45, 2.75) is 0 Å². The molecule has 6 heteroatoms. The number of imidazole rings is 1. The quantitative estimate of drug-likeness (QED) is 0.926. The van der Waals surface area contributed by atoms with Crippen LogP contribution in [0.4, 0.5) is 10.1 Å². The fourth-order valence-electron chi connectivity index (χ4n) is 1.31. The van der Waals surface area contributed by atoms with Gasteiger partial charge in [0.25, 0.3) is 5.91 Å². The highest BCUT2D eigenvalue weighted by atomic mass is 79.9. The first-order valence-corrected chi connectivity index (χ1v) is 5.60. The van der Waals surface area contributed by atoms with Crippen LogP contribution in [0.15, 0.2) is 35.2 Å². The minimum Gasteiger partial charge on any atom is -0.340 e. The molecular formula is C11H9BrFN3O. The second kappa shape index (κ2) is 4.67. The number of nitrogens with zero attached hydrogens (tertiary/aromatic N) is 2. The van der Waals surface area contributed by atoms with Crippen LogP contribution in [0.3, 0.4) is 0 Å². The fourth-order valence-corrected chi connectivity index (χ4v) is 1.64. The van der Waals surface area contributed by atoms with Gasteiger partial charge in [-0.15, -0.1) is 0 Å². The van der Waals surface area contributed by atoms with Gasteiger partial charge in [0.1, 0.15) is 11.5 Å². The van der Waals surface area contributed by atoms with Gasteiger partial charge in [-0.2, -0.15) is 0 Å². The van der Waals surface area contributed by atoms with Crippen molar-refractivity contribution in [3.05, 3.63) is 46.7 Å². The van der Waals surface area contributed by atoms with Gasteiger partial charge >= 0.3 is 0 Å². The second-order valence-electron chi connectivity index (χ2n) is 3.50. The van der Waals surface area contributed by atoms with E-state index in [-0.39, 0.29) is 11.4 Å². The van der Waals surface area contributed by atoms with E-state index in [4.69, 9.17) is 0 Å². The first kappa shape index (κ1) is 11.8. The minimum atomic E-state index is -0.497. The summed E-state index contributed by atoms with van der Waals surface area (Å²) in [5.41, 5.74) is 0.374. The normalized spacial score (nSPS) is 10.3. The van der Waals surface area contributed by atoms with Gasteiger partial charge in [-0.25, -0.2) is 9.37 Å². The number of hydrogen-bond acceptors (Lipinski definition) is 2. The number of aryl methyl sites for hydroxylation is 1. The molecule has 0 unspecified atom stereocenters. The number of carbonyl (C=O) groups excluding carboxylic acids is 1. The molecule has 0 aliphatic heterocycles. The summed E-state index contributed by atoms with van der Waals surface area (Å²) in [7, 11) is 1.75. The number of amides is 1. The number of hydrogen-bond donors (Lipinski definition) is 1. The van der Waals surface area contributed by atoms with Crippen LogP contribution in [0.1, 0.15) is 10.5 Å². The smallest absolute Gasteiger partial charge is 0.275 e. The van der Waals surface area contributed by atoms with Crippen LogP contribution < -0.4 is 5.32 Å². The van der Waals surface area contributed by atoms with E-state index in [0.717, 1.165) is 0 Å². The molecule has 0 aliphatic rings. The molecule has 0 atom stereocenters. The number of aromatic nitrogens is 2. The van der Waals surface area contributed by atoms with E-state index < -0.39 is 11.7 Å². The molecule has 1 heterocycles. The monoisotopic (exact) mass is 297 g/mol. The molecule has 0 saturated heterocycles. The third kappa shape index (κ3) is 2.71. The largest absolute Gasteiger partial charge is 0.340 e. The standard InChI is InChI=1S/C11H9BrFN3O/c1-16-5-10(14-6-16)11(17)15-9-3-2-7(12)4-8(9)13/h2-6H,1H3,(H,15,17). The third-order valence-electron chi connectivity index (χ3n) is 2.12. The highest BCUT2D eigenvalue weighted by molar-refractivity contribution is 9.10. The number of halogens is 2. The van der Waals surface area contributed by atoms with E-state index in [0.29, 0.717) is 4.47 Å². The van der Waals surface area contributed by atoms with Crippen LogP contribution in [0.25, 0.3) is 0 Å². The van der Waals surface area contributed by atoms with Crippen LogP contribution in [0.2, 0.25) is 0 Å². The molecular weight excluding hydrogens is 289 g/mol. The maximum absolute atomic E-state index is 13.5. The molecule has 17 heavy (non-hydrogen) atoms. The number of benzene rings is 1. The van der Waals surface area contributed by atoms with Crippen molar-refractivity contribution in [2.24, 2.45) is 7.05 Å². The molecule has 1 aromatic heterocycles. The molecule has 2 rings (SSSR count). The fraction of sp³-hybridized carbons (Fsp3) is 0.0909. The molecule has 1 aromatic carbocycles. The van der Waals surface area contributed by atoms with Crippen LogP contribution in [-0.2, 0) is 7.05 Å². The molecule has 0 saturated carbocycles. The van der Waals surface area contributed by atoms with Crippen molar-refractivity contribution in [2.75, 3.05) is 5.32 Å². The van der Waals surface area contributed by atoms with Crippen LogP contribution >= 0.6 is 15.9 Å². The van der Waals surface area contributed by atoms with Gasteiger partial charge in [-0.3, -0.25) is 4.79 Å². The molecule has 0 aliphatic carbocycles. The number of rotatable bonds is 2. The van der Waals surface area contributed by atoms with E-state index in [9.17, 15) is 9.18 Å². The average Bonchev–Trinajstić information content (AvgIpc) is 2.69. The van der Waals surface area contributed by atoms with Crippen molar-refractivity contribution in [1.29, 1.82) is 0 Å². The zero-order valence-electron chi connectivity index (χ0n) is 8.95. The minimum absolute atomic E-state index is 0.129. The Balaban J connectivity index is 2.18. The van der Waals surface area contributed by atoms with Gasteiger partial charge in [-0.05, 0) is 18.2 Å². The predicted molar refractivity (Wildman–Crippen MR) is 65.3 cm³/mol. The SMILES string of the molecule is Cn1cnc(C(=O)Nc2ccc(Br)cc2F)c1. The van der Waals surface area contributed by atoms with Gasteiger partial charge in [0.15, 0.2) is 0 Å². The Morgan fingerprint density at radius 1 is 1.53 bits per heavy atom. The van der Waals surface area contributed by atoms with Crippen molar-refractivity contribution < 1.29 is 9.18 Å². The lowest BCUT2D eigenvalue weighted by Gasteiger charge is -2.04. The zero-order valence-corrected chi connectivity index (χ0v) is 10.5. The summed E-state index contributed by atoms with van der Waals surface area (Å²) >= 11 is 3.14. The predicted octanol–water partition coefficient (Wildman–Crippen LogP) is 2.57. The highest BCUT2D eigenvalue weighted by Crippen LogP contribution is 2.19. The lowest BCUT2D eigenvalue weighted by Crippen LogP contribution is -2.13. The highest BCUT2D eigenvalue weighted by Gasteiger charge is 2.11. The van der Waals surface area contributed by atoms with Crippen LogP contribution in [0, 0.1) is 5.82 Å². The van der Waals surface area contributed by atoms with Crippen LogP contribution in [-0.4, -0.2) is 15.5 Å². The summed E-state index contributed by atoms with van der Waals surface area (Å²) in [6.07, 6.45) is 3.07. The first-order valence-electron chi connectivity index (χ1n) is 4.80. The van der Waals surface area contributed by atoms with Gasteiger partial charge in [-0.1, -0.05) is 15.9 Å². The van der Waals surface area contributed by atoms with E-state index in [2.05, 4.69) is 26.2 Å². The van der Waals surface area contributed by atoms with E-state index in [1.54, 1.807) is 23.9 Å². The molecule has 4 nitrogen and oxygen atoms in total. The Hall–Kier alpha value is -1.69. The molecule has 0 bridgehead atoms. The summed E-state index contributed by atoms with van der Waals surface area (Å²) in [5.74, 6) is -0.935. The molecule has 88 valence electrons. The van der Waals surface area contributed by atoms with E-state index in [1.807, 2.05) is 0 Å². The summed E-state index contributed by atoms with van der Waals surface area (Å²) in [5, 5.41) is 2.46. The molecule has 0 radical (unpaired) electrons. The Labute approximate surface area is 106 Å². The first-order chi connectivity index (χ1) is 8.06. The number of anilines is 1. The Kier molecular flexibility index (Phi) is 3.23. The van der Waals surface area contributed by atoms with Crippen molar-refractivity contribution in [1.82, 2.24) is 9.55 Å². The van der Waals surface area contributed by atoms with E-state index in [1.165, 1.54) is 18.5 Å². The van der Waals surface area contributed by atoms with Gasteiger partial charge in [0, 0.05) is 17.7 Å². The lowest BCUT2D eigenvalue weighted by molar-refractivity contribution is 0.102. The topological polar surface area (TPSA) is 46.9 Å². The Morgan fingerprint density at radius 3 is 2.88 bits per heavy atom. The second-order valence-corrected chi connectivity index (χ2v) is 4.42. The molecule has 0 fully saturated rings. The zero-order chi connectivity index (χ0) is 12.4. The molecule has 1 N–H and O–H groups in total. The third-order valence-corrected chi connectivity index (χ3v) is 2.61. The van der Waals surface area contributed by atoms with Gasteiger partial charge < -0.3 is 9.88 Å². The van der Waals surface area contributed by atoms with E-state index >= 15 is 0 Å². The van der Waals surface area contributed by atoms with Gasteiger partial charge in [0.05, 0.1) is 12.0 Å². The molecule has 1 amide bonds. The molecule has 0 spiro atoms. The number of nitrogens with one attached hydrogen (secondary N) is 1. The number of carbonyl (C=O) groups is 1.